The number of fused-ring (bicyclic) bond motifs is 1. The number of para-hydroxylation sites is 2. The van der Waals surface area contributed by atoms with Crippen LogP contribution in [-0.2, 0) is 6.54 Å². The molecule has 1 saturated heterocycles. The second kappa shape index (κ2) is 6.97. The van der Waals surface area contributed by atoms with Crippen molar-refractivity contribution in [3.05, 3.63) is 70.8 Å². The monoisotopic (exact) mass is 334 g/mol. The predicted molar refractivity (Wildman–Crippen MR) is 101 cm³/mol. The first-order valence-corrected chi connectivity index (χ1v) is 8.86. The number of piperidine rings is 1. The summed E-state index contributed by atoms with van der Waals surface area (Å²) in [6, 6.07) is 15.6. The van der Waals surface area contributed by atoms with Gasteiger partial charge >= 0.3 is 0 Å². The Morgan fingerprint density at radius 3 is 2.68 bits per heavy atom. The maximum absolute atomic E-state index is 12.2. The van der Waals surface area contributed by atoms with E-state index in [1.807, 2.05) is 24.3 Å². The van der Waals surface area contributed by atoms with E-state index in [1.165, 1.54) is 24.9 Å². The van der Waals surface area contributed by atoms with Gasteiger partial charge in [0, 0.05) is 25.4 Å². The van der Waals surface area contributed by atoms with Gasteiger partial charge in [-0.1, -0.05) is 18.2 Å². The number of pyridine rings is 1. The van der Waals surface area contributed by atoms with Crippen LogP contribution in [0.5, 0.6) is 0 Å². The Balaban J connectivity index is 1.56. The summed E-state index contributed by atoms with van der Waals surface area (Å²) in [5.41, 5.74) is 3.71. The zero-order valence-electron chi connectivity index (χ0n) is 14.2. The van der Waals surface area contributed by atoms with Crippen molar-refractivity contribution in [3.8, 4) is 0 Å². The molecule has 0 spiro atoms. The number of hydrogen-bond donors (Lipinski definition) is 1. The SMILES string of the molecule is O=c1cc(CNc2ccccc2N2CCCCC2)nc2ccccn12. The third kappa shape index (κ3) is 3.36. The van der Waals surface area contributed by atoms with Crippen LogP contribution in [0.4, 0.5) is 11.4 Å². The third-order valence-electron chi connectivity index (χ3n) is 4.68. The minimum atomic E-state index is -0.0493. The lowest BCUT2D eigenvalue weighted by Crippen LogP contribution is -2.30. The van der Waals surface area contributed by atoms with Crippen molar-refractivity contribution < 1.29 is 0 Å². The molecule has 5 heteroatoms. The lowest BCUT2D eigenvalue weighted by Gasteiger charge is -2.30. The number of anilines is 2. The molecule has 1 aliphatic rings. The number of benzene rings is 1. The summed E-state index contributed by atoms with van der Waals surface area (Å²) >= 11 is 0. The summed E-state index contributed by atoms with van der Waals surface area (Å²) in [6.07, 6.45) is 5.55. The Hall–Kier alpha value is -2.82. The molecule has 3 heterocycles. The zero-order valence-corrected chi connectivity index (χ0v) is 14.2. The van der Waals surface area contributed by atoms with Gasteiger partial charge in [-0.15, -0.1) is 0 Å². The summed E-state index contributed by atoms with van der Waals surface area (Å²) in [5, 5.41) is 3.47. The number of hydrogen-bond acceptors (Lipinski definition) is 4. The predicted octanol–water partition coefficient (Wildman–Crippen LogP) is 3.30. The number of rotatable bonds is 4. The molecule has 0 amide bonds. The number of nitrogens with one attached hydrogen (secondary N) is 1. The molecular weight excluding hydrogens is 312 g/mol. The van der Waals surface area contributed by atoms with Crippen molar-refractivity contribution >= 4 is 17.0 Å². The van der Waals surface area contributed by atoms with Crippen LogP contribution < -0.4 is 15.8 Å². The lowest BCUT2D eigenvalue weighted by molar-refractivity contribution is 0.578. The highest BCUT2D eigenvalue weighted by Crippen LogP contribution is 2.28. The van der Waals surface area contributed by atoms with E-state index in [2.05, 4.69) is 33.4 Å². The molecule has 1 fully saturated rings. The fourth-order valence-corrected chi connectivity index (χ4v) is 3.41. The minimum Gasteiger partial charge on any atom is -0.378 e. The van der Waals surface area contributed by atoms with E-state index in [4.69, 9.17) is 0 Å². The van der Waals surface area contributed by atoms with E-state index in [1.54, 1.807) is 16.7 Å². The standard InChI is InChI=1S/C20H22N4O/c25-20-14-16(22-19-10-4-7-13-24(19)20)15-21-17-8-2-3-9-18(17)23-11-5-1-6-12-23/h2-4,7-10,13-14,21H,1,5-6,11-12,15H2. The average Bonchev–Trinajstić information content (AvgIpc) is 2.67. The van der Waals surface area contributed by atoms with Crippen molar-refractivity contribution in [1.82, 2.24) is 9.38 Å². The van der Waals surface area contributed by atoms with Crippen LogP contribution >= 0.6 is 0 Å². The van der Waals surface area contributed by atoms with Gasteiger partial charge in [-0.25, -0.2) is 4.98 Å². The summed E-state index contributed by atoms with van der Waals surface area (Å²) in [7, 11) is 0. The maximum atomic E-state index is 12.2. The van der Waals surface area contributed by atoms with Crippen molar-refractivity contribution in [2.75, 3.05) is 23.3 Å². The van der Waals surface area contributed by atoms with E-state index in [0.717, 1.165) is 24.5 Å². The maximum Gasteiger partial charge on any atom is 0.258 e. The molecule has 0 unspecified atom stereocenters. The molecule has 4 rings (SSSR count). The van der Waals surface area contributed by atoms with Crippen LogP contribution in [0.1, 0.15) is 25.0 Å². The highest BCUT2D eigenvalue weighted by atomic mass is 16.1. The Morgan fingerprint density at radius 1 is 1.00 bits per heavy atom. The Bertz CT molecular complexity index is 928. The molecule has 1 aliphatic heterocycles. The molecule has 0 aliphatic carbocycles. The number of nitrogens with zero attached hydrogens (tertiary/aromatic N) is 3. The molecule has 2 aromatic heterocycles. The van der Waals surface area contributed by atoms with Crippen molar-refractivity contribution in [3.63, 3.8) is 0 Å². The molecule has 128 valence electrons. The van der Waals surface area contributed by atoms with Gasteiger partial charge in [0.25, 0.3) is 5.56 Å². The Kier molecular flexibility index (Phi) is 4.37. The Morgan fingerprint density at radius 2 is 1.80 bits per heavy atom. The van der Waals surface area contributed by atoms with Gasteiger partial charge in [-0.2, -0.15) is 0 Å². The molecule has 0 saturated carbocycles. The van der Waals surface area contributed by atoms with E-state index in [9.17, 15) is 4.79 Å². The van der Waals surface area contributed by atoms with Gasteiger partial charge in [0.15, 0.2) is 0 Å². The topological polar surface area (TPSA) is 49.6 Å². The molecule has 25 heavy (non-hydrogen) atoms. The van der Waals surface area contributed by atoms with E-state index >= 15 is 0 Å². The van der Waals surface area contributed by atoms with Crippen LogP contribution in [-0.4, -0.2) is 22.5 Å². The number of aromatic nitrogens is 2. The second-order valence-corrected chi connectivity index (χ2v) is 6.43. The van der Waals surface area contributed by atoms with Crippen LogP contribution in [0.3, 0.4) is 0 Å². The minimum absolute atomic E-state index is 0.0493. The smallest absolute Gasteiger partial charge is 0.258 e. The summed E-state index contributed by atoms with van der Waals surface area (Å²) < 4.78 is 1.56. The van der Waals surface area contributed by atoms with Crippen LogP contribution in [0, 0.1) is 0 Å². The molecule has 0 atom stereocenters. The fraction of sp³-hybridized carbons (Fsp3) is 0.300. The first kappa shape index (κ1) is 15.7. The molecular formula is C20H22N4O. The molecule has 0 bridgehead atoms. The van der Waals surface area contributed by atoms with Gasteiger partial charge in [0.1, 0.15) is 5.65 Å². The molecule has 5 nitrogen and oxygen atoms in total. The van der Waals surface area contributed by atoms with Gasteiger partial charge in [0.05, 0.1) is 23.6 Å². The fourth-order valence-electron chi connectivity index (χ4n) is 3.41. The zero-order chi connectivity index (χ0) is 17.1. The van der Waals surface area contributed by atoms with E-state index in [-0.39, 0.29) is 5.56 Å². The van der Waals surface area contributed by atoms with Gasteiger partial charge in [-0.3, -0.25) is 9.20 Å². The highest BCUT2D eigenvalue weighted by molar-refractivity contribution is 5.70. The van der Waals surface area contributed by atoms with Gasteiger partial charge in [-0.05, 0) is 43.5 Å². The summed E-state index contributed by atoms with van der Waals surface area (Å²) in [4.78, 5) is 19.2. The molecule has 3 aromatic rings. The Labute approximate surface area is 146 Å². The van der Waals surface area contributed by atoms with Crippen LogP contribution in [0.2, 0.25) is 0 Å². The van der Waals surface area contributed by atoms with Crippen LogP contribution in [0.15, 0.2) is 59.5 Å². The first-order valence-electron chi connectivity index (χ1n) is 8.86. The van der Waals surface area contributed by atoms with E-state index in [0.29, 0.717) is 12.2 Å². The highest BCUT2D eigenvalue weighted by Gasteiger charge is 2.14. The van der Waals surface area contributed by atoms with Crippen molar-refractivity contribution in [2.45, 2.75) is 25.8 Å². The lowest BCUT2D eigenvalue weighted by atomic mass is 10.1. The van der Waals surface area contributed by atoms with Crippen molar-refractivity contribution in [1.29, 1.82) is 0 Å². The molecule has 1 N–H and O–H groups in total. The third-order valence-corrected chi connectivity index (χ3v) is 4.68. The summed E-state index contributed by atoms with van der Waals surface area (Å²) in [6.45, 7) is 2.74. The van der Waals surface area contributed by atoms with E-state index < -0.39 is 0 Å². The normalized spacial score (nSPS) is 14.6. The second-order valence-electron chi connectivity index (χ2n) is 6.43. The summed E-state index contributed by atoms with van der Waals surface area (Å²) in [5.74, 6) is 0. The van der Waals surface area contributed by atoms with Gasteiger partial charge < -0.3 is 10.2 Å². The first-order chi connectivity index (χ1) is 12.3. The average molecular weight is 334 g/mol. The van der Waals surface area contributed by atoms with Gasteiger partial charge in [0.2, 0.25) is 0 Å². The molecule has 0 radical (unpaired) electrons. The molecule has 1 aromatic carbocycles. The largest absolute Gasteiger partial charge is 0.378 e. The quantitative estimate of drug-likeness (QED) is 0.795. The van der Waals surface area contributed by atoms with Crippen molar-refractivity contribution in [2.24, 2.45) is 0 Å². The van der Waals surface area contributed by atoms with Crippen LogP contribution in [0.25, 0.3) is 5.65 Å².